The SMILES string of the molecule is CC(=O)N[C@]1(C)C[C@@H](c2ccc(F)cc2)O[C@@H](c2cc(C)ccc2OCC(=O)O)C1. The molecule has 0 aliphatic carbocycles. The van der Waals surface area contributed by atoms with E-state index < -0.39 is 24.2 Å². The van der Waals surface area contributed by atoms with E-state index in [0.29, 0.717) is 18.6 Å². The smallest absolute Gasteiger partial charge is 0.341 e. The molecule has 2 aromatic rings. The first kappa shape index (κ1) is 21.8. The van der Waals surface area contributed by atoms with Crippen LogP contribution in [-0.4, -0.2) is 29.1 Å². The number of aryl methyl sites for hydroxylation is 1. The molecule has 3 rings (SSSR count). The predicted octanol–water partition coefficient (Wildman–Crippen LogP) is 4.09. The Hall–Kier alpha value is -2.93. The molecule has 3 atom stereocenters. The average molecular weight is 415 g/mol. The van der Waals surface area contributed by atoms with Gasteiger partial charge in [0.2, 0.25) is 5.91 Å². The summed E-state index contributed by atoms with van der Waals surface area (Å²) >= 11 is 0. The number of rotatable bonds is 6. The average Bonchev–Trinajstić information content (AvgIpc) is 2.66. The number of hydrogen-bond donors (Lipinski definition) is 2. The fraction of sp³-hybridized carbons (Fsp3) is 0.391. The number of benzene rings is 2. The first-order valence-corrected chi connectivity index (χ1v) is 9.80. The molecule has 30 heavy (non-hydrogen) atoms. The van der Waals surface area contributed by atoms with E-state index in [2.05, 4.69) is 5.32 Å². The Bertz CT molecular complexity index is 930. The molecular formula is C23H26FNO5. The van der Waals surface area contributed by atoms with Crippen LogP contribution in [0.5, 0.6) is 5.75 Å². The Balaban J connectivity index is 1.98. The van der Waals surface area contributed by atoms with E-state index in [-0.39, 0.29) is 17.8 Å². The lowest BCUT2D eigenvalue weighted by atomic mass is 9.81. The lowest BCUT2D eigenvalue weighted by molar-refractivity contribution is -0.139. The number of carbonyl (C=O) groups is 2. The summed E-state index contributed by atoms with van der Waals surface area (Å²) in [6, 6.07) is 11.6. The second-order valence-corrected chi connectivity index (χ2v) is 8.04. The van der Waals surface area contributed by atoms with Crippen LogP contribution < -0.4 is 10.1 Å². The zero-order valence-corrected chi connectivity index (χ0v) is 17.3. The zero-order valence-electron chi connectivity index (χ0n) is 17.3. The van der Waals surface area contributed by atoms with Gasteiger partial charge in [-0.15, -0.1) is 0 Å². The van der Waals surface area contributed by atoms with E-state index in [1.54, 1.807) is 18.2 Å². The molecule has 1 heterocycles. The summed E-state index contributed by atoms with van der Waals surface area (Å²) in [5.74, 6) is -1.13. The number of nitrogens with one attached hydrogen (secondary N) is 1. The summed E-state index contributed by atoms with van der Waals surface area (Å²) in [6.45, 7) is 4.88. The van der Waals surface area contributed by atoms with Gasteiger partial charge in [-0.1, -0.05) is 23.8 Å². The highest BCUT2D eigenvalue weighted by atomic mass is 19.1. The summed E-state index contributed by atoms with van der Waals surface area (Å²) in [6.07, 6.45) is 0.173. The molecule has 160 valence electrons. The van der Waals surface area contributed by atoms with Crippen LogP contribution in [0.1, 0.15) is 55.6 Å². The minimum atomic E-state index is -1.07. The molecule has 0 aromatic heterocycles. The molecule has 6 nitrogen and oxygen atoms in total. The first-order valence-electron chi connectivity index (χ1n) is 9.80. The van der Waals surface area contributed by atoms with Gasteiger partial charge in [-0.2, -0.15) is 0 Å². The van der Waals surface area contributed by atoms with Crippen molar-refractivity contribution in [1.29, 1.82) is 0 Å². The van der Waals surface area contributed by atoms with E-state index in [1.165, 1.54) is 19.1 Å². The molecule has 2 aromatic carbocycles. The number of carboxylic acids is 1. The van der Waals surface area contributed by atoms with Gasteiger partial charge in [-0.05, 0) is 43.7 Å². The van der Waals surface area contributed by atoms with Gasteiger partial charge < -0.3 is 19.9 Å². The second kappa shape index (κ2) is 8.83. The van der Waals surface area contributed by atoms with Gasteiger partial charge in [0.1, 0.15) is 11.6 Å². The Labute approximate surface area is 175 Å². The molecule has 0 spiro atoms. The highest BCUT2D eigenvalue weighted by Gasteiger charge is 2.40. The van der Waals surface area contributed by atoms with Gasteiger partial charge in [0, 0.05) is 30.9 Å². The van der Waals surface area contributed by atoms with E-state index >= 15 is 0 Å². The third kappa shape index (κ3) is 5.36. The summed E-state index contributed by atoms with van der Waals surface area (Å²) in [5.41, 5.74) is 1.93. The lowest BCUT2D eigenvalue weighted by Gasteiger charge is -2.43. The van der Waals surface area contributed by atoms with Crippen LogP contribution in [0.3, 0.4) is 0 Å². The van der Waals surface area contributed by atoms with Gasteiger partial charge in [-0.25, -0.2) is 9.18 Å². The van der Waals surface area contributed by atoms with Gasteiger partial charge in [0.05, 0.1) is 12.2 Å². The maximum atomic E-state index is 13.4. The molecule has 1 aliphatic rings. The number of hydrogen-bond acceptors (Lipinski definition) is 4. The topological polar surface area (TPSA) is 84.9 Å². The number of aliphatic carboxylic acids is 1. The van der Waals surface area contributed by atoms with Crippen LogP contribution in [0.15, 0.2) is 42.5 Å². The van der Waals surface area contributed by atoms with Crippen LogP contribution in [0.2, 0.25) is 0 Å². The summed E-state index contributed by atoms with van der Waals surface area (Å²) in [5, 5.41) is 12.0. The predicted molar refractivity (Wildman–Crippen MR) is 109 cm³/mol. The van der Waals surface area contributed by atoms with Crippen LogP contribution in [0, 0.1) is 12.7 Å². The van der Waals surface area contributed by atoms with Crippen molar-refractivity contribution in [2.75, 3.05) is 6.61 Å². The van der Waals surface area contributed by atoms with Crippen molar-refractivity contribution in [3.05, 3.63) is 65.0 Å². The zero-order chi connectivity index (χ0) is 21.9. The second-order valence-electron chi connectivity index (χ2n) is 8.04. The minimum absolute atomic E-state index is 0.150. The summed E-state index contributed by atoms with van der Waals surface area (Å²) in [4.78, 5) is 22.8. The van der Waals surface area contributed by atoms with Gasteiger partial charge in [0.15, 0.2) is 6.61 Å². The largest absolute Gasteiger partial charge is 0.482 e. The molecule has 1 amide bonds. The first-order chi connectivity index (χ1) is 14.1. The van der Waals surface area contributed by atoms with Crippen molar-refractivity contribution in [1.82, 2.24) is 5.32 Å². The summed E-state index contributed by atoms with van der Waals surface area (Å²) < 4.78 is 25.3. The van der Waals surface area contributed by atoms with E-state index in [9.17, 15) is 14.0 Å². The monoisotopic (exact) mass is 415 g/mol. The number of amides is 1. The molecule has 2 N–H and O–H groups in total. The van der Waals surface area contributed by atoms with Crippen molar-refractivity contribution in [3.63, 3.8) is 0 Å². The number of carbonyl (C=O) groups excluding carboxylic acids is 1. The number of ether oxygens (including phenoxy) is 2. The minimum Gasteiger partial charge on any atom is -0.482 e. The van der Waals surface area contributed by atoms with E-state index in [1.807, 2.05) is 26.0 Å². The maximum absolute atomic E-state index is 13.4. The lowest BCUT2D eigenvalue weighted by Crippen LogP contribution is -2.50. The van der Waals surface area contributed by atoms with Crippen molar-refractivity contribution in [3.8, 4) is 5.75 Å². The molecule has 0 saturated carbocycles. The van der Waals surface area contributed by atoms with Crippen molar-refractivity contribution < 1.29 is 28.6 Å². The molecule has 7 heteroatoms. The van der Waals surface area contributed by atoms with Gasteiger partial charge >= 0.3 is 5.97 Å². The van der Waals surface area contributed by atoms with Crippen molar-refractivity contribution in [2.45, 2.75) is 51.4 Å². The number of halogens is 1. The maximum Gasteiger partial charge on any atom is 0.341 e. The molecule has 1 aliphatic heterocycles. The molecule has 0 bridgehead atoms. The van der Waals surface area contributed by atoms with E-state index in [0.717, 1.165) is 16.7 Å². The highest BCUT2D eigenvalue weighted by Crippen LogP contribution is 2.46. The highest BCUT2D eigenvalue weighted by molar-refractivity contribution is 5.73. The van der Waals surface area contributed by atoms with Crippen molar-refractivity contribution in [2.24, 2.45) is 0 Å². The Kier molecular flexibility index (Phi) is 6.41. The van der Waals surface area contributed by atoms with Gasteiger partial charge in [-0.3, -0.25) is 4.79 Å². The molecular weight excluding hydrogens is 389 g/mol. The van der Waals surface area contributed by atoms with Crippen LogP contribution in [0.25, 0.3) is 0 Å². The Morgan fingerprint density at radius 2 is 1.87 bits per heavy atom. The Morgan fingerprint density at radius 3 is 2.50 bits per heavy atom. The fourth-order valence-corrected chi connectivity index (χ4v) is 3.97. The standard InChI is InChI=1S/C23H26FNO5/c1-14-4-9-19(29-13-22(27)28)18(10-14)21-12-23(3,25-15(2)26)11-20(30-21)16-5-7-17(24)8-6-16/h4-10,20-21H,11-13H2,1-3H3,(H,25,26)(H,27,28)/t20-,21+,23+/m0/s1. The van der Waals surface area contributed by atoms with Crippen LogP contribution >= 0.6 is 0 Å². The Morgan fingerprint density at radius 1 is 1.20 bits per heavy atom. The molecule has 1 fully saturated rings. The normalized spacial score (nSPS) is 23.6. The third-order valence-corrected chi connectivity index (χ3v) is 5.18. The quantitative estimate of drug-likeness (QED) is 0.743. The molecule has 0 unspecified atom stereocenters. The van der Waals surface area contributed by atoms with E-state index in [4.69, 9.17) is 14.6 Å². The van der Waals surface area contributed by atoms with Crippen molar-refractivity contribution >= 4 is 11.9 Å². The summed E-state index contributed by atoms with van der Waals surface area (Å²) in [7, 11) is 0. The molecule has 0 radical (unpaired) electrons. The van der Waals surface area contributed by atoms with Crippen LogP contribution in [0.4, 0.5) is 4.39 Å². The number of carboxylic acid groups (broad SMARTS) is 1. The van der Waals surface area contributed by atoms with Gasteiger partial charge in [0.25, 0.3) is 0 Å². The molecule has 1 saturated heterocycles. The fourth-order valence-electron chi connectivity index (χ4n) is 3.97. The van der Waals surface area contributed by atoms with Crippen LogP contribution in [-0.2, 0) is 14.3 Å². The third-order valence-electron chi connectivity index (χ3n) is 5.18.